The third-order valence-corrected chi connectivity index (χ3v) is 31.4. The largest absolute Gasteiger partial charge is 0.495 e. The van der Waals surface area contributed by atoms with E-state index < -0.39 is 33.9 Å². The summed E-state index contributed by atoms with van der Waals surface area (Å²) in [6.07, 6.45) is 39.5. The molecule has 676 valence electrons. The molecule has 21 rings (SSSR count). The summed E-state index contributed by atoms with van der Waals surface area (Å²) in [7, 11) is -7.89. The molecule has 12 heterocycles. The van der Waals surface area contributed by atoms with E-state index in [0.29, 0.717) is 78.9 Å². The third-order valence-electron chi connectivity index (χ3n) is 24.6. The van der Waals surface area contributed by atoms with Gasteiger partial charge in [0.15, 0.2) is 42.9 Å². The second-order valence-corrected chi connectivity index (χ2v) is 43.2. The molecule has 30 nitrogen and oxygen atoms in total. The molecular weight excluding hydrogens is 1730 g/mol. The van der Waals surface area contributed by atoms with E-state index in [-0.39, 0.29) is 45.6 Å². The minimum atomic E-state index is -3.65. The first-order valence-corrected chi connectivity index (χ1v) is 49.0. The Labute approximate surface area is 764 Å². The number of nitrogens with zero attached hydrogens (tertiary/aromatic N) is 16. The average molecular weight is 1830 g/mol. The van der Waals surface area contributed by atoms with E-state index in [1.54, 1.807) is 111 Å². The van der Waals surface area contributed by atoms with Gasteiger partial charge in [0.1, 0.15) is 33.2 Å². The molecule has 16 aromatic rings. The van der Waals surface area contributed by atoms with Gasteiger partial charge in [-0.05, 0) is 276 Å². The van der Waals surface area contributed by atoms with Crippen LogP contribution in [0.5, 0.6) is 5.75 Å². The number of aryl methyl sites for hydroxylation is 4. The third kappa shape index (κ3) is 18.4. The number of imidazole rings is 4. The van der Waals surface area contributed by atoms with Crippen molar-refractivity contribution in [2.24, 2.45) is 0 Å². The SMILES string of the molecule is C=C(C)c1ccc2ncc(-n3cc(-c4cc(C(=O)NC5CC5)ccc4C)cn3)n2c1.C=S(=O)(CC)c1ccc2ncc(-n3cc(-c4cc(C(=O)NC5CC5)ccc4C)cn3)n2c1.COc1cc2nc(-n3cc(-c4cc(C(=O)NC5CC5)ccc4C)cn3)cn2cc1S(=O)(=O)C(C)(C)C.Cc1ccc(C(=O)NC2CC2)cc1-c1cnn(-c2cnc3ccc(S(=O)(=O)C4CCC4)cn23)c1. The van der Waals surface area contributed by atoms with Gasteiger partial charge < -0.3 is 30.4 Å². The number of sulfone groups is 2. The van der Waals surface area contributed by atoms with Gasteiger partial charge in [-0.1, -0.05) is 44.2 Å². The van der Waals surface area contributed by atoms with Crippen LogP contribution < -0.4 is 26.0 Å². The number of ether oxygens (including phenoxy) is 1. The summed E-state index contributed by atoms with van der Waals surface area (Å²) < 4.78 is 83.4. The predicted octanol–water partition coefficient (Wildman–Crippen LogP) is 15.6. The van der Waals surface area contributed by atoms with Crippen molar-refractivity contribution in [3.63, 3.8) is 0 Å². The van der Waals surface area contributed by atoms with Crippen LogP contribution in [-0.2, 0) is 29.2 Å². The van der Waals surface area contributed by atoms with Gasteiger partial charge in [0, 0.05) is 135 Å². The number of rotatable bonds is 23. The van der Waals surface area contributed by atoms with Crippen LogP contribution in [0.15, 0.2) is 236 Å². The van der Waals surface area contributed by atoms with Crippen molar-refractivity contribution in [1.82, 2.24) is 97.9 Å². The van der Waals surface area contributed by atoms with Crippen LogP contribution in [0.4, 0.5) is 0 Å². The molecule has 0 spiro atoms. The van der Waals surface area contributed by atoms with Gasteiger partial charge in [-0.2, -0.15) is 20.4 Å². The molecule has 5 aliphatic carbocycles. The highest BCUT2D eigenvalue weighted by Gasteiger charge is 2.37. The molecule has 132 heavy (non-hydrogen) atoms. The quantitative estimate of drug-likeness (QED) is 0.0432. The first kappa shape index (κ1) is 88.5. The van der Waals surface area contributed by atoms with Gasteiger partial charge >= 0.3 is 0 Å². The van der Waals surface area contributed by atoms with Crippen LogP contribution in [-0.4, -0.2) is 174 Å². The highest BCUT2D eigenvalue weighted by Crippen LogP contribution is 2.38. The molecule has 5 aliphatic rings. The summed E-state index contributed by atoms with van der Waals surface area (Å²) in [6, 6.07) is 36.8. The fourth-order valence-corrected chi connectivity index (χ4v) is 19.6. The zero-order valence-corrected chi connectivity index (χ0v) is 77.4. The smallest absolute Gasteiger partial charge is 0.251 e. The second-order valence-electron chi connectivity index (χ2n) is 35.7. The van der Waals surface area contributed by atoms with Crippen molar-refractivity contribution in [3.05, 3.63) is 271 Å². The van der Waals surface area contributed by atoms with Crippen LogP contribution in [0.2, 0.25) is 0 Å². The first-order valence-electron chi connectivity index (χ1n) is 44.1. The maximum Gasteiger partial charge on any atom is 0.251 e. The molecule has 0 bridgehead atoms. The lowest BCUT2D eigenvalue weighted by atomic mass is 10.00. The van der Waals surface area contributed by atoms with Crippen molar-refractivity contribution in [3.8, 4) is 73.5 Å². The van der Waals surface area contributed by atoms with Crippen molar-refractivity contribution >= 4 is 86.9 Å². The molecule has 0 aliphatic heterocycles. The van der Waals surface area contributed by atoms with E-state index in [9.17, 15) is 40.2 Å². The molecule has 12 aromatic heterocycles. The summed E-state index contributed by atoms with van der Waals surface area (Å²) in [5, 5.41) is 30.0. The number of amides is 4. The Hall–Kier alpha value is -14.2. The van der Waals surface area contributed by atoms with Gasteiger partial charge in [0.05, 0.1) is 71.6 Å². The molecule has 5 saturated carbocycles. The number of fused-ring (bicyclic) bond motifs is 4. The number of hydrogen-bond acceptors (Lipinski definition) is 18. The summed E-state index contributed by atoms with van der Waals surface area (Å²) in [4.78, 5) is 69.1. The van der Waals surface area contributed by atoms with Gasteiger partial charge in [-0.3, -0.25) is 36.6 Å². The lowest BCUT2D eigenvalue weighted by Gasteiger charge is -2.25. The first-order chi connectivity index (χ1) is 63.2. The molecule has 4 amide bonds. The minimum Gasteiger partial charge on any atom is -0.495 e. The predicted molar refractivity (Wildman–Crippen MR) is 509 cm³/mol. The molecule has 4 N–H and O–H groups in total. The van der Waals surface area contributed by atoms with Gasteiger partial charge in [0.2, 0.25) is 0 Å². The molecular formula is C99H102N20O10S3. The molecule has 0 saturated heterocycles. The Bertz CT molecular complexity index is 7640. The Morgan fingerprint density at radius 1 is 0.432 bits per heavy atom. The summed E-state index contributed by atoms with van der Waals surface area (Å²) in [5.74, 6) is 7.18. The van der Waals surface area contributed by atoms with Gasteiger partial charge in [0.25, 0.3) is 23.6 Å². The molecule has 1 atom stereocenters. The fraction of sp³-hybridized carbons (Fsp3) is 0.283. The van der Waals surface area contributed by atoms with E-state index >= 15 is 0 Å². The number of allylic oxidation sites excluding steroid dienone is 1. The van der Waals surface area contributed by atoms with Crippen LogP contribution >= 0.6 is 0 Å². The number of carbonyl (C=O) groups is 4. The van der Waals surface area contributed by atoms with Crippen LogP contribution in [0.25, 0.3) is 95.9 Å². The topological polar surface area (TPSA) is 351 Å². The van der Waals surface area contributed by atoms with Crippen molar-refractivity contribution in [2.45, 2.75) is 182 Å². The fourth-order valence-electron chi connectivity index (χ4n) is 15.5. The number of hydrogen-bond donors (Lipinski definition) is 4. The summed E-state index contributed by atoms with van der Waals surface area (Å²) in [6.45, 7) is 20.9. The molecule has 0 radical (unpaired) electrons. The minimum absolute atomic E-state index is 0.0137. The maximum absolute atomic E-state index is 13.1. The Kier molecular flexibility index (Phi) is 23.6. The standard InChI is InChI=1S/C26H29N5O4S.C25H25N5O3S.C24H25N5O2S.C24H23N5O/c1-16-6-7-17(25(32)28-19-8-9-19)10-20(16)18-12-27-31(13-18)24-15-30-14-22(36(33,34)26(2,3)4)21(35-5)11-23(30)29-24;1-16-5-6-17(25(31)28-19-7-8-19)11-22(16)18-12-27-30(14-18)24-13-26-23-10-9-21(15-29(23)24)34(32,33)20-3-2-4-20;1-4-32(3,31)20-9-10-22-25-13-23(28(22)15-20)29-14-18(12-26-29)21-11-17(6-5-16(21)2)24(30)27-19-7-8-19;1-15(2)18-6-9-22-25-12-23(28(22)13-18)29-14-19(11-26-29)21-10-17(5-4-16(21)3)24(30)27-20-7-8-20/h6-7,10-15,19H,8-9H2,1-5H3,(H,28,32);5-6,9-15,19-20H,2-4,7-8H2,1H3,(H,28,31);5-6,9-15,19H,3-4,7-8H2,1-2H3,(H,27,30);4-6,9-14,20H,1,7-8H2,2-3H3,(H,27,30). The van der Waals surface area contributed by atoms with Crippen molar-refractivity contribution in [2.75, 3.05) is 12.9 Å². The van der Waals surface area contributed by atoms with Crippen LogP contribution in [0.1, 0.15) is 174 Å². The number of nitrogens with one attached hydrogen (secondary N) is 4. The highest BCUT2D eigenvalue weighted by molar-refractivity contribution is 8.00. The van der Waals surface area contributed by atoms with E-state index in [1.165, 1.54) is 13.3 Å². The Morgan fingerprint density at radius 2 is 0.788 bits per heavy atom. The zero-order valence-electron chi connectivity index (χ0n) is 75.0. The monoisotopic (exact) mass is 1830 g/mol. The van der Waals surface area contributed by atoms with Crippen LogP contribution in [0.3, 0.4) is 0 Å². The number of methoxy groups -OCH3 is 1. The zero-order chi connectivity index (χ0) is 92.6. The van der Waals surface area contributed by atoms with Gasteiger partial charge in [-0.25, -0.2) is 55.5 Å². The molecule has 33 heteroatoms. The number of pyridine rings is 4. The lowest BCUT2D eigenvalue weighted by Crippen LogP contribution is -2.28. The summed E-state index contributed by atoms with van der Waals surface area (Å²) in [5.41, 5.74) is 19.0. The number of aromatic nitrogens is 16. The van der Waals surface area contributed by atoms with Crippen LogP contribution in [0, 0.1) is 27.7 Å². The molecule has 1 unspecified atom stereocenters. The van der Waals surface area contributed by atoms with E-state index in [1.807, 2.05) is 195 Å². The normalized spacial score (nSPS) is 15.0. The number of benzene rings is 4. The second kappa shape index (κ2) is 35.3. The molecule has 5 fully saturated rings. The Morgan fingerprint density at radius 3 is 1.14 bits per heavy atom. The average Bonchev–Trinajstić information content (AvgIpc) is 1.74. The molecule has 4 aromatic carbocycles. The van der Waals surface area contributed by atoms with Gasteiger partial charge in [-0.15, -0.1) is 0 Å². The number of carbonyl (C=O) groups excluding carboxylic acids is 4. The van der Waals surface area contributed by atoms with Crippen molar-refractivity contribution in [1.29, 1.82) is 0 Å². The van der Waals surface area contributed by atoms with E-state index in [0.717, 1.165) is 171 Å². The lowest BCUT2D eigenvalue weighted by molar-refractivity contribution is 0.0942. The summed E-state index contributed by atoms with van der Waals surface area (Å²) >= 11 is 0. The van der Waals surface area contributed by atoms with Crippen molar-refractivity contribution < 1.29 is 45.0 Å². The maximum atomic E-state index is 13.1. The van der Waals surface area contributed by atoms with E-state index in [4.69, 9.17) is 4.74 Å². The Balaban J connectivity index is 0.000000118. The highest BCUT2D eigenvalue weighted by atomic mass is 32.2. The van der Waals surface area contributed by atoms with E-state index in [2.05, 4.69) is 74.0 Å².